The van der Waals surface area contributed by atoms with Crippen LogP contribution in [0.4, 0.5) is 18.9 Å². The van der Waals surface area contributed by atoms with Gasteiger partial charge in [0.2, 0.25) is 5.89 Å². The third-order valence-corrected chi connectivity index (χ3v) is 2.23. The molecule has 0 saturated carbocycles. The van der Waals surface area contributed by atoms with E-state index in [1.807, 2.05) is 0 Å². The molecule has 0 fully saturated rings. The van der Waals surface area contributed by atoms with Gasteiger partial charge in [0.25, 0.3) is 0 Å². The lowest BCUT2D eigenvalue weighted by Crippen LogP contribution is -2.11. The Bertz CT molecular complexity index is 496. The van der Waals surface area contributed by atoms with Crippen LogP contribution in [0.15, 0.2) is 16.5 Å². The fourth-order valence-electron chi connectivity index (χ4n) is 1.26. The third-order valence-electron chi connectivity index (χ3n) is 1.90. The molecule has 0 bridgehead atoms. The van der Waals surface area contributed by atoms with Crippen LogP contribution in [-0.4, -0.2) is 11.2 Å². The number of alkyl halides is 3. The van der Waals surface area contributed by atoms with Crippen LogP contribution >= 0.6 is 11.6 Å². The lowest BCUT2D eigenvalue weighted by molar-refractivity contribution is -0.130. The van der Waals surface area contributed by atoms with Crippen molar-refractivity contribution in [3.8, 4) is 0 Å². The summed E-state index contributed by atoms with van der Waals surface area (Å²) in [6, 6.07) is 2.72. The Balaban J connectivity index is 2.44. The van der Waals surface area contributed by atoms with Crippen LogP contribution in [0.1, 0.15) is 5.89 Å². The standard InChI is InChI=1S/C9H6ClF3N2O/c10-4-1-6-7(2-5(4)14)16-8(15-6)3-9(11,12)13/h1-2H,3,14H2. The highest BCUT2D eigenvalue weighted by atomic mass is 35.5. The number of nitrogen functional groups attached to an aromatic ring is 1. The molecule has 0 aliphatic rings. The lowest BCUT2D eigenvalue weighted by Gasteiger charge is -2.00. The molecule has 86 valence electrons. The highest BCUT2D eigenvalue weighted by Gasteiger charge is 2.30. The van der Waals surface area contributed by atoms with Crippen LogP contribution < -0.4 is 5.73 Å². The molecule has 2 rings (SSSR count). The molecule has 1 heterocycles. The van der Waals surface area contributed by atoms with Crippen molar-refractivity contribution in [3.05, 3.63) is 23.0 Å². The SMILES string of the molecule is Nc1cc2oc(CC(F)(F)F)nc2cc1Cl. The number of aromatic nitrogens is 1. The molecule has 2 N–H and O–H groups in total. The van der Waals surface area contributed by atoms with Crippen LogP contribution in [0, 0.1) is 0 Å². The molecular weight excluding hydrogens is 245 g/mol. The van der Waals surface area contributed by atoms with E-state index in [-0.39, 0.29) is 21.8 Å². The number of hydrogen-bond donors (Lipinski definition) is 1. The summed E-state index contributed by atoms with van der Waals surface area (Å²) in [5.41, 5.74) is 6.18. The molecule has 0 amide bonds. The number of rotatable bonds is 1. The van der Waals surface area contributed by atoms with E-state index in [0.29, 0.717) is 0 Å². The Kier molecular flexibility index (Phi) is 2.46. The molecule has 3 nitrogen and oxygen atoms in total. The average molecular weight is 251 g/mol. The smallest absolute Gasteiger partial charge is 0.397 e. The van der Waals surface area contributed by atoms with Gasteiger partial charge in [-0.1, -0.05) is 11.6 Å². The van der Waals surface area contributed by atoms with Gasteiger partial charge >= 0.3 is 6.18 Å². The molecule has 0 unspecified atom stereocenters. The first-order valence-electron chi connectivity index (χ1n) is 4.26. The number of nitrogens with zero attached hydrogens (tertiary/aromatic N) is 1. The van der Waals surface area contributed by atoms with Crippen molar-refractivity contribution >= 4 is 28.4 Å². The van der Waals surface area contributed by atoms with Crippen molar-refractivity contribution in [3.63, 3.8) is 0 Å². The van der Waals surface area contributed by atoms with Crippen molar-refractivity contribution in [2.75, 3.05) is 5.73 Å². The van der Waals surface area contributed by atoms with Gasteiger partial charge in [0.1, 0.15) is 11.9 Å². The quantitative estimate of drug-likeness (QED) is 0.791. The van der Waals surface area contributed by atoms with Crippen LogP contribution in [0.5, 0.6) is 0 Å². The first kappa shape index (κ1) is 11.1. The minimum Gasteiger partial charge on any atom is -0.440 e. The Morgan fingerprint density at radius 2 is 2.06 bits per heavy atom. The van der Waals surface area contributed by atoms with Gasteiger partial charge in [-0.05, 0) is 6.07 Å². The number of hydrogen-bond acceptors (Lipinski definition) is 3. The molecule has 0 spiro atoms. The zero-order valence-corrected chi connectivity index (χ0v) is 8.56. The number of fused-ring (bicyclic) bond motifs is 1. The molecule has 1 aromatic heterocycles. The Labute approximate surface area is 93.0 Å². The lowest BCUT2D eigenvalue weighted by atomic mass is 10.3. The van der Waals surface area contributed by atoms with Crippen LogP contribution in [0.2, 0.25) is 5.02 Å². The first-order valence-corrected chi connectivity index (χ1v) is 4.64. The van der Waals surface area contributed by atoms with Crippen molar-refractivity contribution < 1.29 is 17.6 Å². The summed E-state index contributed by atoms with van der Waals surface area (Å²) in [4.78, 5) is 3.67. The average Bonchev–Trinajstić information content (AvgIpc) is 2.44. The predicted octanol–water partition coefficient (Wildman–Crippen LogP) is 3.17. The molecule has 0 radical (unpaired) electrons. The van der Waals surface area contributed by atoms with E-state index >= 15 is 0 Å². The molecule has 16 heavy (non-hydrogen) atoms. The van der Waals surface area contributed by atoms with E-state index < -0.39 is 18.5 Å². The van der Waals surface area contributed by atoms with E-state index in [9.17, 15) is 13.2 Å². The fraction of sp³-hybridized carbons (Fsp3) is 0.222. The normalized spacial score (nSPS) is 12.2. The van der Waals surface area contributed by atoms with Gasteiger partial charge in [0.05, 0.1) is 10.7 Å². The van der Waals surface area contributed by atoms with Gasteiger partial charge in [0, 0.05) is 6.07 Å². The molecule has 2 aromatic rings. The first-order chi connectivity index (χ1) is 7.35. The molecule has 0 aliphatic carbocycles. The molecule has 7 heteroatoms. The van der Waals surface area contributed by atoms with Gasteiger partial charge < -0.3 is 10.2 Å². The van der Waals surface area contributed by atoms with Gasteiger partial charge in [0.15, 0.2) is 5.58 Å². The number of halogens is 4. The molecule has 1 aromatic carbocycles. The largest absolute Gasteiger partial charge is 0.440 e. The van der Waals surface area contributed by atoms with Crippen molar-refractivity contribution in [2.24, 2.45) is 0 Å². The topological polar surface area (TPSA) is 52.0 Å². The number of benzene rings is 1. The van der Waals surface area contributed by atoms with Crippen molar-refractivity contribution in [2.45, 2.75) is 12.6 Å². The maximum Gasteiger partial charge on any atom is 0.397 e. The minimum atomic E-state index is -4.35. The van der Waals surface area contributed by atoms with Gasteiger partial charge in [-0.15, -0.1) is 0 Å². The summed E-state index contributed by atoms with van der Waals surface area (Å²) in [7, 11) is 0. The number of nitrogens with two attached hydrogens (primary N) is 1. The zero-order valence-electron chi connectivity index (χ0n) is 7.81. The highest BCUT2D eigenvalue weighted by molar-refractivity contribution is 6.33. The monoisotopic (exact) mass is 250 g/mol. The van der Waals surface area contributed by atoms with Gasteiger partial charge in [-0.2, -0.15) is 13.2 Å². The number of oxazole rings is 1. The highest BCUT2D eigenvalue weighted by Crippen LogP contribution is 2.28. The van der Waals surface area contributed by atoms with Gasteiger partial charge in [-0.3, -0.25) is 0 Å². The van der Waals surface area contributed by atoms with Crippen LogP contribution in [0.3, 0.4) is 0 Å². The minimum absolute atomic E-state index is 0.196. The Hall–Kier alpha value is -1.43. The van der Waals surface area contributed by atoms with Crippen LogP contribution in [0.25, 0.3) is 11.1 Å². The summed E-state index contributed by atoms with van der Waals surface area (Å²) in [6.45, 7) is 0. The fourth-order valence-corrected chi connectivity index (χ4v) is 1.42. The predicted molar refractivity (Wildman–Crippen MR) is 53.2 cm³/mol. The summed E-state index contributed by atoms with van der Waals surface area (Å²) < 4.78 is 41.1. The van der Waals surface area contributed by atoms with Gasteiger partial charge in [-0.25, -0.2) is 4.98 Å². The van der Waals surface area contributed by atoms with E-state index in [0.717, 1.165) is 0 Å². The van der Waals surface area contributed by atoms with E-state index in [1.165, 1.54) is 12.1 Å². The summed E-state index contributed by atoms with van der Waals surface area (Å²) in [5, 5.41) is 0.236. The molecule has 0 atom stereocenters. The summed E-state index contributed by atoms with van der Waals surface area (Å²) in [6.07, 6.45) is -5.56. The summed E-state index contributed by atoms with van der Waals surface area (Å²) in [5.74, 6) is -0.399. The second kappa shape index (κ2) is 3.55. The molecular formula is C9H6ClF3N2O. The zero-order chi connectivity index (χ0) is 11.9. The Morgan fingerprint density at radius 1 is 1.38 bits per heavy atom. The van der Waals surface area contributed by atoms with Crippen molar-refractivity contribution in [1.29, 1.82) is 0 Å². The van der Waals surface area contributed by atoms with E-state index in [2.05, 4.69) is 4.98 Å². The second-order valence-electron chi connectivity index (χ2n) is 3.24. The molecule has 0 aliphatic heterocycles. The number of anilines is 1. The maximum atomic E-state index is 12.1. The molecule has 0 saturated heterocycles. The van der Waals surface area contributed by atoms with Crippen LogP contribution in [-0.2, 0) is 6.42 Å². The van der Waals surface area contributed by atoms with E-state index in [1.54, 1.807) is 0 Å². The third kappa shape index (κ3) is 2.21. The maximum absolute atomic E-state index is 12.1. The van der Waals surface area contributed by atoms with E-state index in [4.69, 9.17) is 21.8 Å². The summed E-state index contributed by atoms with van der Waals surface area (Å²) >= 11 is 5.70. The second-order valence-corrected chi connectivity index (χ2v) is 3.65. The Morgan fingerprint density at radius 3 is 2.69 bits per heavy atom. The van der Waals surface area contributed by atoms with Crippen molar-refractivity contribution in [1.82, 2.24) is 4.98 Å².